The van der Waals surface area contributed by atoms with Gasteiger partial charge in [0.1, 0.15) is 6.61 Å². The monoisotopic (exact) mass is 240 g/mol. The molecule has 1 aliphatic heterocycles. The van der Waals surface area contributed by atoms with E-state index in [0.717, 1.165) is 38.3 Å². The Balaban J connectivity index is 1.55. The van der Waals surface area contributed by atoms with Gasteiger partial charge in [-0.1, -0.05) is 13.3 Å². The molecule has 1 amide bonds. The van der Waals surface area contributed by atoms with E-state index in [1.54, 1.807) is 0 Å². The number of carbonyl (C=O) groups is 1. The minimum atomic E-state index is 0.0622. The quantitative estimate of drug-likeness (QED) is 0.730. The first-order chi connectivity index (χ1) is 8.29. The van der Waals surface area contributed by atoms with Crippen LogP contribution in [0.25, 0.3) is 0 Å². The van der Waals surface area contributed by atoms with Crippen LogP contribution in [0, 0.1) is 5.92 Å². The lowest BCUT2D eigenvalue weighted by atomic mass is 10.1. The van der Waals surface area contributed by atoms with Crippen molar-refractivity contribution in [3.8, 4) is 0 Å². The van der Waals surface area contributed by atoms with Gasteiger partial charge >= 0.3 is 0 Å². The number of piperidine rings is 1. The van der Waals surface area contributed by atoms with Gasteiger partial charge in [0.25, 0.3) is 0 Å². The Bertz CT molecular complexity index is 252. The van der Waals surface area contributed by atoms with Crippen LogP contribution in [0.1, 0.15) is 39.0 Å². The third kappa shape index (κ3) is 4.28. The normalized spacial score (nSPS) is 29.0. The first-order valence-corrected chi connectivity index (χ1v) is 6.91. The van der Waals surface area contributed by atoms with Crippen LogP contribution in [-0.2, 0) is 9.53 Å². The van der Waals surface area contributed by atoms with Crippen molar-refractivity contribution in [2.75, 3.05) is 19.7 Å². The molecule has 98 valence electrons. The van der Waals surface area contributed by atoms with Gasteiger partial charge in [-0.25, -0.2) is 0 Å². The van der Waals surface area contributed by atoms with E-state index in [1.165, 1.54) is 12.8 Å². The molecule has 0 bridgehead atoms. The maximum Gasteiger partial charge on any atom is 0.246 e. The van der Waals surface area contributed by atoms with Crippen LogP contribution in [0.3, 0.4) is 0 Å². The molecular weight excluding hydrogens is 216 g/mol. The molecule has 2 aliphatic rings. The van der Waals surface area contributed by atoms with E-state index in [2.05, 4.69) is 17.6 Å². The van der Waals surface area contributed by atoms with E-state index in [9.17, 15) is 4.79 Å². The van der Waals surface area contributed by atoms with E-state index in [0.29, 0.717) is 6.04 Å². The van der Waals surface area contributed by atoms with Crippen LogP contribution in [0.4, 0.5) is 0 Å². The highest BCUT2D eigenvalue weighted by molar-refractivity contribution is 5.77. The molecule has 0 radical (unpaired) electrons. The van der Waals surface area contributed by atoms with Gasteiger partial charge < -0.3 is 15.4 Å². The first kappa shape index (κ1) is 12.8. The molecule has 4 nitrogen and oxygen atoms in total. The van der Waals surface area contributed by atoms with Crippen LogP contribution in [0.5, 0.6) is 0 Å². The summed E-state index contributed by atoms with van der Waals surface area (Å²) in [5.74, 6) is 0.787. The van der Waals surface area contributed by atoms with Crippen LogP contribution in [0.2, 0.25) is 0 Å². The molecule has 2 unspecified atom stereocenters. The van der Waals surface area contributed by atoms with Crippen LogP contribution in [0.15, 0.2) is 0 Å². The Kier molecular flexibility index (Phi) is 4.80. The number of ether oxygens (including phenoxy) is 1. The standard InChI is InChI=1S/C13H24N2O2/c1-2-3-10-8-12(10)15-13(16)9-17-11-4-6-14-7-5-11/h10-12,14H,2-9H2,1H3,(H,15,16). The summed E-state index contributed by atoms with van der Waals surface area (Å²) in [4.78, 5) is 11.6. The molecule has 1 heterocycles. The summed E-state index contributed by atoms with van der Waals surface area (Å²) < 4.78 is 5.62. The van der Waals surface area contributed by atoms with E-state index in [4.69, 9.17) is 4.74 Å². The van der Waals surface area contributed by atoms with E-state index >= 15 is 0 Å². The average molecular weight is 240 g/mol. The third-order valence-corrected chi connectivity index (χ3v) is 3.66. The smallest absolute Gasteiger partial charge is 0.246 e. The summed E-state index contributed by atoms with van der Waals surface area (Å²) in [6, 6.07) is 0.430. The van der Waals surface area contributed by atoms with Gasteiger partial charge in [0.05, 0.1) is 6.10 Å². The first-order valence-electron chi connectivity index (χ1n) is 6.91. The summed E-state index contributed by atoms with van der Waals surface area (Å²) in [6.45, 7) is 4.44. The van der Waals surface area contributed by atoms with E-state index in [1.807, 2.05) is 0 Å². The zero-order chi connectivity index (χ0) is 12.1. The molecule has 4 heteroatoms. The Hall–Kier alpha value is -0.610. The lowest BCUT2D eigenvalue weighted by Crippen LogP contribution is -2.36. The number of nitrogens with one attached hydrogen (secondary N) is 2. The Morgan fingerprint density at radius 2 is 2.18 bits per heavy atom. The van der Waals surface area contributed by atoms with E-state index in [-0.39, 0.29) is 18.6 Å². The summed E-state index contributed by atoms with van der Waals surface area (Å²) in [5, 5.41) is 6.33. The van der Waals surface area contributed by atoms with Crippen LogP contribution < -0.4 is 10.6 Å². The second-order valence-electron chi connectivity index (χ2n) is 5.22. The van der Waals surface area contributed by atoms with Gasteiger partial charge in [-0.3, -0.25) is 4.79 Å². The number of amides is 1. The fraction of sp³-hybridized carbons (Fsp3) is 0.923. The molecule has 0 aromatic rings. The van der Waals surface area contributed by atoms with Crippen molar-refractivity contribution in [3.63, 3.8) is 0 Å². The van der Waals surface area contributed by atoms with Crippen LogP contribution in [-0.4, -0.2) is 37.7 Å². The van der Waals surface area contributed by atoms with Crippen molar-refractivity contribution >= 4 is 5.91 Å². The molecule has 2 rings (SSSR count). The molecule has 1 saturated heterocycles. The predicted molar refractivity (Wildman–Crippen MR) is 66.8 cm³/mol. The topological polar surface area (TPSA) is 50.4 Å². The third-order valence-electron chi connectivity index (χ3n) is 3.66. The molecule has 0 aromatic carbocycles. The molecule has 0 aromatic heterocycles. The lowest BCUT2D eigenvalue weighted by molar-refractivity contribution is -0.128. The molecule has 1 saturated carbocycles. The molecule has 2 atom stereocenters. The molecule has 2 N–H and O–H groups in total. The average Bonchev–Trinajstić information content (AvgIpc) is 3.06. The van der Waals surface area contributed by atoms with Crippen molar-refractivity contribution in [2.24, 2.45) is 5.92 Å². The van der Waals surface area contributed by atoms with Gasteiger partial charge in [-0.05, 0) is 44.7 Å². The number of carbonyl (C=O) groups excluding carboxylic acids is 1. The largest absolute Gasteiger partial charge is 0.368 e. The maximum absolute atomic E-state index is 11.6. The summed E-state index contributed by atoms with van der Waals surface area (Å²) in [6.07, 6.45) is 5.92. The highest BCUT2D eigenvalue weighted by Crippen LogP contribution is 2.34. The number of hydrogen-bond acceptors (Lipinski definition) is 3. The van der Waals surface area contributed by atoms with E-state index < -0.39 is 0 Å². The Morgan fingerprint density at radius 3 is 2.88 bits per heavy atom. The maximum atomic E-state index is 11.6. The molecule has 17 heavy (non-hydrogen) atoms. The minimum absolute atomic E-state index is 0.0622. The second kappa shape index (κ2) is 6.36. The number of rotatable bonds is 6. The highest BCUT2D eigenvalue weighted by Gasteiger charge is 2.37. The van der Waals surface area contributed by atoms with Crippen molar-refractivity contribution < 1.29 is 9.53 Å². The Labute approximate surface area is 103 Å². The minimum Gasteiger partial charge on any atom is -0.368 e. The molecule has 0 spiro atoms. The van der Waals surface area contributed by atoms with Crippen molar-refractivity contribution in [2.45, 2.75) is 51.2 Å². The molecule has 2 fully saturated rings. The zero-order valence-corrected chi connectivity index (χ0v) is 10.7. The molecular formula is C13H24N2O2. The number of hydrogen-bond donors (Lipinski definition) is 2. The van der Waals surface area contributed by atoms with Gasteiger partial charge in [-0.15, -0.1) is 0 Å². The zero-order valence-electron chi connectivity index (χ0n) is 10.7. The van der Waals surface area contributed by atoms with Gasteiger partial charge in [0, 0.05) is 6.04 Å². The van der Waals surface area contributed by atoms with Gasteiger partial charge in [-0.2, -0.15) is 0 Å². The summed E-state index contributed by atoms with van der Waals surface area (Å²) in [5.41, 5.74) is 0. The Morgan fingerprint density at radius 1 is 1.41 bits per heavy atom. The molecule has 1 aliphatic carbocycles. The second-order valence-corrected chi connectivity index (χ2v) is 5.22. The van der Waals surface area contributed by atoms with Gasteiger partial charge in [0.2, 0.25) is 5.91 Å². The summed E-state index contributed by atoms with van der Waals surface area (Å²) in [7, 11) is 0. The summed E-state index contributed by atoms with van der Waals surface area (Å²) >= 11 is 0. The fourth-order valence-electron chi connectivity index (χ4n) is 2.52. The predicted octanol–water partition coefficient (Wildman–Crippen LogP) is 1.06. The lowest BCUT2D eigenvalue weighted by Gasteiger charge is -2.22. The highest BCUT2D eigenvalue weighted by atomic mass is 16.5. The van der Waals surface area contributed by atoms with Crippen molar-refractivity contribution in [1.29, 1.82) is 0 Å². The van der Waals surface area contributed by atoms with Crippen LogP contribution >= 0.6 is 0 Å². The SMILES string of the molecule is CCCC1CC1NC(=O)COC1CCNCC1. The van der Waals surface area contributed by atoms with Crippen molar-refractivity contribution in [1.82, 2.24) is 10.6 Å². The van der Waals surface area contributed by atoms with Crippen molar-refractivity contribution in [3.05, 3.63) is 0 Å². The fourth-order valence-corrected chi connectivity index (χ4v) is 2.52. The van der Waals surface area contributed by atoms with Gasteiger partial charge in [0.15, 0.2) is 0 Å².